The Morgan fingerprint density at radius 1 is 1.23 bits per heavy atom. The number of nitrogens with one attached hydrogen (secondary N) is 1. The van der Waals surface area contributed by atoms with Gasteiger partial charge in [-0.15, -0.1) is 0 Å². The molecular weight excluding hydrogens is 373 g/mol. The standard InChI is InChI=1S/C19H13Cl2N3O2/c1-11-16(18(24-26-11)17-14(20)6-3-7-15(17)21)19(25)23-10-13-5-2-4-12(8-13)9-22/h2-8H,10H2,1H3,(H,23,25). The molecule has 0 saturated carbocycles. The molecule has 1 N–H and O–H groups in total. The number of hydrogen-bond donors (Lipinski definition) is 1. The van der Waals surface area contributed by atoms with Gasteiger partial charge in [0.2, 0.25) is 0 Å². The van der Waals surface area contributed by atoms with Crippen LogP contribution in [-0.2, 0) is 6.54 Å². The van der Waals surface area contributed by atoms with Crippen molar-refractivity contribution in [3.8, 4) is 17.3 Å². The Morgan fingerprint density at radius 3 is 2.62 bits per heavy atom. The van der Waals surface area contributed by atoms with Crippen LogP contribution < -0.4 is 5.32 Å². The van der Waals surface area contributed by atoms with E-state index >= 15 is 0 Å². The van der Waals surface area contributed by atoms with Gasteiger partial charge in [0.05, 0.1) is 21.7 Å². The Bertz CT molecular complexity index is 1000. The second kappa shape index (κ2) is 7.61. The fraction of sp³-hybridized carbons (Fsp3) is 0.105. The average Bonchev–Trinajstić information content (AvgIpc) is 3.01. The van der Waals surface area contributed by atoms with Crippen molar-refractivity contribution >= 4 is 29.1 Å². The van der Waals surface area contributed by atoms with Gasteiger partial charge < -0.3 is 9.84 Å². The van der Waals surface area contributed by atoms with Gasteiger partial charge in [-0.1, -0.05) is 46.6 Å². The van der Waals surface area contributed by atoms with Gasteiger partial charge in [0, 0.05) is 12.1 Å². The van der Waals surface area contributed by atoms with Crippen molar-refractivity contribution in [1.82, 2.24) is 10.5 Å². The van der Waals surface area contributed by atoms with E-state index in [0.29, 0.717) is 32.6 Å². The summed E-state index contributed by atoms with van der Waals surface area (Å²) < 4.78 is 5.20. The highest BCUT2D eigenvalue weighted by molar-refractivity contribution is 6.39. The first kappa shape index (κ1) is 18.0. The van der Waals surface area contributed by atoms with E-state index in [9.17, 15) is 4.79 Å². The third-order valence-electron chi connectivity index (χ3n) is 3.80. The average molecular weight is 386 g/mol. The van der Waals surface area contributed by atoms with E-state index < -0.39 is 0 Å². The Balaban J connectivity index is 1.89. The predicted octanol–water partition coefficient (Wildman–Crippen LogP) is 4.76. The summed E-state index contributed by atoms with van der Waals surface area (Å²) in [5.41, 5.74) is 2.35. The lowest BCUT2D eigenvalue weighted by molar-refractivity contribution is 0.0950. The third kappa shape index (κ3) is 3.57. The van der Waals surface area contributed by atoms with Crippen molar-refractivity contribution in [2.24, 2.45) is 0 Å². The summed E-state index contributed by atoms with van der Waals surface area (Å²) in [7, 11) is 0. The van der Waals surface area contributed by atoms with Crippen molar-refractivity contribution < 1.29 is 9.32 Å². The van der Waals surface area contributed by atoms with Crippen LogP contribution in [0, 0.1) is 18.3 Å². The highest BCUT2D eigenvalue weighted by atomic mass is 35.5. The zero-order chi connectivity index (χ0) is 18.7. The molecule has 0 saturated heterocycles. The van der Waals surface area contributed by atoms with Crippen LogP contribution in [0.1, 0.15) is 27.2 Å². The molecule has 3 aromatic rings. The number of rotatable bonds is 4. The van der Waals surface area contributed by atoms with Crippen LogP contribution in [0.25, 0.3) is 11.3 Å². The minimum atomic E-state index is -0.364. The molecule has 1 heterocycles. The van der Waals surface area contributed by atoms with E-state index in [0.717, 1.165) is 5.56 Å². The van der Waals surface area contributed by atoms with Gasteiger partial charge in [0.25, 0.3) is 5.91 Å². The Kier molecular flexibility index (Phi) is 5.27. The fourth-order valence-corrected chi connectivity index (χ4v) is 3.13. The van der Waals surface area contributed by atoms with Crippen molar-refractivity contribution in [2.45, 2.75) is 13.5 Å². The first-order valence-corrected chi connectivity index (χ1v) is 8.44. The van der Waals surface area contributed by atoms with E-state index in [1.165, 1.54) is 0 Å². The minimum Gasteiger partial charge on any atom is -0.360 e. The molecule has 0 spiro atoms. The maximum absolute atomic E-state index is 12.7. The topological polar surface area (TPSA) is 78.9 Å². The Labute approximate surface area is 160 Å². The zero-order valence-electron chi connectivity index (χ0n) is 13.7. The molecule has 2 aromatic carbocycles. The summed E-state index contributed by atoms with van der Waals surface area (Å²) in [6, 6.07) is 14.1. The molecule has 3 rings (SSSR count). The molecule has 1 aromatic heterocycles. The predicted molar refractivity (Wildman–Crippen MR) is 99.0 cm³/mol. The SMILES string of the molecule is Cc1onc(-c2c(Cl)cccc2Cl)c1C(=O)NCc1cccc(C#N)c1. The van der Waals surface area contributed by atoms with Gasteiger partial charge in [0.1, 0.15) is 17.0 Å². The summed E-state index contributed by atoms with van der Waals surface area (Å²) in [4.78, 5) is 12.7. The van der Waals surface area contributed by atoms with Crippen molar-refractivity contribution in [3.63, 3.8) is 0 Å². The molecule has 0 atom stereocenters. The molecular formula is C19H13Cl2N3O2. The Morgan fingerprint density at radius 2 is 1.92 bits per heavy atom. The third-order valence-corrected chi connectivity index (χ3v) is 4.43. The number of aryl methyl sites for hydroxylation is 1. The van der Waals surface area contributed by atoms with Crippen LogP contribution >= 0.6 is 23.2 Å². The molecule has 0 aliphatic carbocycles. The number of halogens is 2. The van der Waals surface area contributed by atoms with Crippen LogP contribution in [0.3, 0.4) is 0 Å². The van der Waals surface area contributed by atoms with E-state index in [1.54, 1.807) is 43.3 Å². The van der Waals surface area contributed by atoms with Crippen LogP contribution in [0.2, 0.25) is 10.0 Å². The van der Waals surface area contributed by atoms with Crippen LogP contribution in [0.15, 0.2) is 47.0 Å². The molecule has 130 valence electrons. The molecule has 0 aliphatic rings. The number of nitriles is 1. The second-order valence-corrected chi connectivity index (χ2v) is 6.37. The normalized spacial score (nSPS) is 10.4. The van der Waals surface area contributed by atoms with Crippen LogP contribution in [0.4, 0.5) is 0 Å². The number of benzene rings is 2. The van der Waals surface area contributed by atoms with Gasteiger partial charge in [-0.3, -0.25) is 4.79 Å². The van der Waals surface area contributed by atoms with Gasteiger partial charge in [0.15, 0.2) is 0 Å². The van der Waals surface area contributed by atoms with Gasteiger partial charge in [-0.05, 0) is 36.8 Å². The number of nitrogens with zero attached hydrogens (tertiary/aromatic N) is 2. The van der Waals surface area contributed by atoms with Gasteiger partial charge in [-0.25, -0.2) is 0 Å². The minimum absolute atomic E-state index is 0.259. The molecule has 1 amide bonds. The summed E-state index contributed by atoms with van der Waals surface area (Å²) in [5.74, 6) is -0.00337. The molecule has 0 bridgehead atoms. The number of amides is 1. The quantitative estimate of drug-likeness (QED) is 0.701. The lowest BCUT2D eigenvalue weighted by Gasteiger charge is -2.08. The molecule has 26 heavy (non-hydrogen) atoms. The van der Waals surface area contributed by atoms with Crippen molar-refractivity contribution in [2.75, 3.05) is 0 Å². The summed E-state index contributed by atoms with van der Waals surface area (Å²) >= 11 is 12.5. The highest BCUT2D eigenvalue weighted by Gasteiger charge is 2.24. The molecule has 0 unspecified atom stereocenters. The van der Waals surface area contributed by atoms with E-state index in [-0.39, 0.29) is 18.0 Å². The first-order chi connectivity index (χ1) is 12.5. The van der Waals surface area contributed by atoms with Crippen LogP contribution in [-0.4, -0.2) is 11.1 Å². The largest absolute Gasteiger partial charge is 0.360 e. The van der Waals surface area contributed by atoms with Gasteiger partial charge >= 0.3 is 0 Å². The van der Waals surface area contributed by atoms with Gasteiger partial charge in [-0.2, -0.15) is 5.26 Å². The first-order valence-electron chi connectivity index (χ1n) is 7.69. The summed E-state index contributed by atoms with van der Waals surface area (Å²) in [6.07, 6.45) is 0. The summed E-state index contributed by atoms with van der Waals surface area (Å²) in [6.45, 7) is 1.90. The molecule has 0 aliphatic heterocycles. The number of hydrogen-bond acceptors (Lipinski definition) is 4. The smallest absolute Gasteiger partial charge is 0.257 e. The molecule has 5 nitrogen and oxygen atoms in total. The molecule has 0 radical (unpaired) electrons. The van der Waals surface area contributed by atoms with Crippen molar-refractivity contribution in [1.29, 1.82) is 5.26 Å². The number of aromatic nitrogens is 1. The number of carbonyl (C=O) groups excluding carboxylic acids is 1. The lowest BCUT2D eigenvalue weighted by Crippen LogP contribution is -2.23. The number of carbonyl (C=O) groups is 1. The second-order valence-electron chi connectivity index (χ2n) is 5.55. The summed E-state index contributed by atoms with van der Waals surface area (Å²) in [5, 5.41) is 16.5. The highest BCUT2D eigenvalue weighted by Crippen LogP contribution is 2.36. The van der Waals surface area contributed by atoms with E-state index in [4.69, 9.17) is 33.0 Å². The lowest BCUT2D eigenvalue weighted by atomic mass is 10.1. The monoisotopic (exact) mass is 385 g/mol. The fourth-order valence-electron chi connectivity index (χ4n) is 2.56. The Hall–Kier alpha value is -2.81. The maximum atomic E-state index is 12.7. The van der Waals surface area contributed by atoms with Crippen molar-refractivity contribution in [3.05, 3.63) is 75.0 Å². The van der Waals surface area contributed by atoms with E-state index in [2.05, 4.69) is 16.5 Å². The molecule has 7 heteroatoms. The maximum Gasteiger partial charge on any atom is 0.257 e. The van der Waals surface area contributed by atoms with E-state index in [1.807, 2.05) is 6.07 Å². The molecule has 0 fully saturated rings. The van der Waals surface area contributed by atoms with Crippen LogP contribution in [0.5, 0.6) is 0 Å². The zero-order valence-corrected chi connectivity index (χ0v) is 15.2.